The van der Waals surface area contributed by atoms with Gasteiger partial charge in [0, 0.05) is 12.1 Å². The van der Waals surface area contributed by atoms with Crippen LogP contribution in [0.25, 0.3) is 0 Å². The van der Waals surface area contributed by atoms with Gasteiger partial charge in [-0.1, -0.05) is 12.1 Å². The lowest BCUT2D eigenvalue weighted by atomic mass is 10.2. The van der Waals surface area contributed by atoms with E-state index >= 15 is 0 Å². The molecule has 4 nitrogen and oxygen atoms in total. The van der Waals surface area contributed by atoms with Crippen LogP contribution in [0.4, 0.5) is 4.39 Å². The van der Waals surface area contributed by atoms with Crippen LogP contribution in [0.2, 0.25) is 0 Å². The van der Waals surface area contributed by atoms with E-state index in [1.807, 2.05) is 0 Å². The number of benzene rings is 1. The van der Waals surface area contributed by atoms with Gasteiger partial charge in [0.2, 0.25) is 0 Å². The van der Waals surface area contributed by atoms with E-state index < -0.39 is 21.8 Å². The maximum atomic E-state index is 13.6. The fraction of sp³-hybridized carbons (Fsp3) is 0.455. The zero-order valence-corrected chi connectivity index (χ0v) is 10.0. The summed E-state index contributed by atoms with van der Waals surface area (Å²) in [5.74, 6) is -0.371. The minimum absolute atomic E-state index is 0.0503. The SMILES string of the molecule is NCc1cccc(F)c1OC1CCS(=O)(=O)C1. The Balaban J connectivity index is 2.19. The Morgan fingerprint density at radius 3 is 2.82 bits per heavy atom. The molecule has 1 aliphatic heterocycles. The summed E-state index contributed by atoms with van der Waals surface area (Å²) in [5.41, 5.74) is 6.03. The third kappa shape index (κ3) is 2.76. The minimum atomic E-state index is -3.03. The molecule has 94 valence electrons. The largest absolute Gasteiger partial charge is 0.486 e. The second kappa shape index (κ2) is 4.62. The van der Waals surface area contributed by atoms with E-state index in [0.717, 1.165) is 0 Å². The van der Waals surface area contributed by atoms with Crippen LogP contribution in [0.1, 0.15) is 12.0 Å². The molecule has 0 bridgehead atoms. The average molecular weight is 259 g/mol. The Morgan fingerprint density at radius 2 is 2.24 bits per heavy atom. The molecule has 0 amide bonds. The van der Waals surface area contributed by atoms with Crippen molar-refractivity contribution < 1.29 is 17.5 Å². The predicted molar refractivity (Wildman–Crippen MR) is 62.0 cm³/mol. The molecule has 1 heterocycles. The van der Waals surface area contributed by atoms with Crippen molar-refractivity contribution in [2.75, 3.05) is 11.5 Å². The normalized spacial score (nSPS) is 22.6. The second-order valence-electron chi connectivity index (χ2n) is 4.08. The molecule has 0 radical (unpaired) electrons. The summed E-state index contributed by atoms with van der Waals surface area (Å²) in [6.45, 7) is 0.159. The highest BCUT2D eigenvalue weighted by Crippen LogP contribution is 2.26. The summed E-state index contributed by atoms with van der Waals surface area (Å²) in [4.78, 5) is 0. The first-order valence-electron chi connectivity index (χ1n) is 5.36. The Morgan fingerprint density at radius 1 is 1.47 bits per heavy atom. The van der Waals surface area contributed by atoms with E-state index in [-0.39, 0.29) is 23.8 Å². The smallest absolute Gasteiger partial charge is 0.165 e. The third-order valence-electron chi connectivity index (χ3n) is 2.74. The van der Waals surface area contributed by atoms with Crippen LogP contribution in [0.5, 0.6) is 5.75 Å². The van der Waals surface area contributed by atoms with Crippen molar-refractivity contribution in [3.63, 3.8) is 0 Å². The zero-order chi connectivity index (χ0) is 12.5. The summed E-state index contributed by atoms with van der Waals surface area (Å²) in [7, 11) is -3.03. The molecule has 1 aromatic carbocycles. The summed E-state index contributed by atoms with van der Waals surface area (Å²) in [5, 5.41) is 0. The number of para-hydroxylation sites is 1. The fourth-order valence-electron chi connectivity index (χ4n) is 1.87. The molecule has 1 aliphatic rings. The van der Waals surface area contributed by atoms with Crippen LogP contribution in [0.3, 0.4) is 0 Å². The number of halogens is 1. The van der Waals surface area contributed by atoms with Crippen LogP contribution in [-0.4, -0.2) is 26.0 Å². The highest BCUT2D eigenvalue weighted by atomic mass is 32.2. The number of nitrogens with two attached hydrogens (primary N) is 1. The van der Waals surface area contributed by atoms with Gasteiger partial charge >= 0.3 is 0 Å². The Labute approximate surface area is 99.5 Å². The van der Waals surface area contributed by atoms with Crippen LogP contribution < -0.4 is 10.5 Å². The van der Waals surface area contributed by atoms with E-state index in [1.54, 1.807) is 12.1 Å². The Kier molecular flexibility index (Phi) is 3.35. The molecular weight excluding hydrogens is 245 g/mol. The predicted octanol–water partition coefficient (Wildman–Crippen LogP) is 0.850. The lowest BCUT2D eigenvalue weighted by Crippen LogP contribution is -2.19. The van der Waals surface area contributed by atoms with Gasteiger partial charge in [-0.15, -0.1) is 0 Å². The topological polar surface area (TPSA) is 69.4 Å². The monoisotopic (exact) mass is 259 g/mol. The van der Waals surface area contributed by atoms with E-state index in [1.165, 1.54) is 6.07 Å². The average Bonchev–Trinajstić information content (AvgIpc) is 2.61. The molecular formula is C11H14FNO3S. The van der Waals surface area contributed by atoms with Gasteiger partial charge in [0.05, 0.1) is 11.5 Å². The van der Waals surface area contributed by atoms with Gasteiger partial charge < -0.3 is 10.5 Å². The lowest BCUT2D eigenvalue weighted by Gasteiger charge is -2.15. The maximum absolute atomic E-state index is 13.6. The molecule has 0 saturated carbocycles. The number of ether oxygens (including phenoxy) is 1. The van der Waals surface area contributed by atoms with Crippen molar-refractivity contribution in [3.8, 4) is 5.75 Å². The molecule has 1 saturated heterocycles. The number of rotatable bonds is 3. The van der Waals surface area contributed by atoms with Gasteiger partial charge in [0.15, 0.2) is 21.4 Å². The standard InChI is InChI=1S/C11H14FNO3S/c12-10-3-1-2-8(6-13)11(10)16-9-4-5-17(14,15)7-9/h1-3,9H,4-7,13H2. The molecule has 0 spiro atoms. The van der Waals surface area contributed by atoms with Gasteiger partial charge in [0.25, 0.3) is 0 Å². The first-order valence-corrected chi connectivity index (χ1v) is 7.18. The summed E-state index contributed by atoms with van der Waals surface area (Å²) in [6.07, 6.45) is -0.0667. The molecule has 1 aromatic rings. The molecule has 6 heteroatoms. The van der Waals surface area contributed by atoms with Gasteiger partial charge in [-0.25, -0.2) is 12.8 Å². The van der Waals surface area contributed by atoms with Crippen molar-refractivity contribution in [2.24, 2.45) is 5.73 Å². The maximum Gasteiger partial charge on any atom is 0.165 e. The van der Waals surface area contributed by atoms with E-state index in [2.05, 4.69) is 0 Å². The molecule has 17 heavy (non-hydrogen) atoms. The van der Waals surface area contributed by atoms with Crippen LogP contribution in [0, 0.1) is 5.82 Å². The van der Waals surface area contributed by atoms with E-state index in [4.69, 9.17) is 10.5 Å². The van der Waals surface area contributed by atoms with Crippen LogP contribution >= 0.6 is 0 Å². The Bertz CT molecular complexity index is 515. The highest BCUT2D eigenvalue weighted by Gasteiger charge is 2.30. The summed E-state index contributed by atoms with van der Waals surface area (Å²) < 4.78 is 41.5. The second-order valence-corrected chi connectivity index (χ2v) is 6.30. The molecule has 1 fully saturated rings. The Hall–Kier alpha value is -1.14. The van der Waals surface area contributed by atoms with Crippen molar-refractivity contribution >= 4 is 9.84 Å². The fourth-order valence-corrected chi connectivity index (χ4v) is 3.46. The number of sulfone groups is 1. The molecule has 1 unspecified atom stereocenters. The number of hydrogen-bond donors (Lipinski definition) is 1. The van der Waals surface area contributed by atoms with Crippen molar-refractivity contribution in [1.82, 2.24) is 0 Å². The van der Waals surface area contributed by atoms with Crippen LogP contribution in [0.15, 0.2) is 18.2 Å². The van der Waals surface area contributed by atoms with Crippen LogP contribution in [-0.2, 0) is 16.4 Å². The molecule has 0 aromatic heterocycles. The van der Waals surface area contributed by atoms with Gasteiger partial charge in [-0.2, -0.15) is 0 Å². The molecule has 2 rings (SSSR count). The summed E-state index contributed by atoms with van der Waals surface area (Å²) >= 11 is 0. The third-order valence-corrected chi connectivity index (χ3v) is 4.48. The van der Waals surface area contributed by atoms with E-state index in [9.17, 15) is 12.8 Å². The first-order chi connectivity index (χ1) is 8.02. The van der Waals surface area contributed by atoms with Crippen molar-refractivity contribution in [1.29, 1.82) is 0 Å². The van der Waals surface area contributed by atoms with Gasteiger partial charge in [-0.05, 0) is 12.5 Å². The van der Waals surface area contributed by atoms with Crippen molar-refractivity contribution in [2.45, 2.75) is 19.1 Å². The van der Waals surface area contributed by atoms with Gasteiger partial charge in [0.1, 0.15) is 6.10 Å². The lowest BCUT2D eigenvalue weighted by molar-refractivity contribution is 0.216. The zero-order valence-electron chi connectivity index (χ0n) is 9.23. The highest BCUT2D eigenvalue weighted by molar-refractivity contribution is 7.91. The summed E-state index contributed by atoms with van der Waals surface area (Å²) in [6, 6.07) is 4.50. The first kappa shape index (κ1) is 12.3. The molecule has 0 aliphatic carbocycles. The minimum Gasteiger partial charge on any atom is -0.486 e. The van der Waals surface area contributed by atoms with E-state index in [0.29, 0.717) is 12.0 Å². The van der Waals surface area contributed by atoms with Gasteiger partial charge in [-0.3, -0.25) is 0 Å². The molecule has 2 N–H and O–H groups in total. The van der Waals surface area contributed by atoms with Crippen molar-refractivity contribution in [3.05, 3.63) is 29.6 Å². The number of hydrogen-bond acceptors (Lipinski definition) is 4. The quantitative estimate of drug-likeness (QED) is 0.873. The molecule has 1 atom stereocenters.